The van der Waals surface area contributed by atoms with Crippen LogP contribution < -0.4 is 0 Å². The average molecular weight is 389 g/mol. The van der Waals surface area contributed by atoms with Gasteiger partial charge in [0.25, 0.3) is 0 Å². The normalized spacial score (nSPS) is 11.2. The van der Waals surface area contributed by atoms with Crippen LogP contribution in [-0.4, -0.2) is 10.4 Å². The summed E-state index contributed by atoms with van der Waals surface area (Å²) >= 11 is 2.22. The van der Waals surface area contributed by atoms with Gasteiger partial charge in [0.15, 0.2) is 5.78 Å². The zero-order chi connectivity index (χ0) is 15.0. The standard InChI is InChI=1S/C18H16INO/c1-12(2)20-11-15(13-7-4-6-10-17(13)20)18(21)14-8-3-5-9-16(14)19/h3-12H,1-2H3. The molecule has 0 radical (unpaired) electrons. The third-order valence-corrected chi connectivity index (χ3v) is 4.60. The van der Waals surface area contributed by atoms with Crippen molar-refractivity contribution in [3.8, 4) is 0 Å². The van der Waals surface area contributed by atoms with E-state index >= 15 is 0 Å². The van der Waals surface area contributed by atoms with Crippen molar-refractivity contribution < 1.29 is 4.79 Å². The van der Waals surface area contributed by atoms with E-state index in [2.05, 4.69) is 47.1 Å². The van der Waals surface area contributed by atoms with Crippen LogP contribution in [0.3, 0.4) is 0 Å². The van der Waals surface area contributed by atoms with Crippen molar-refractivity contribution in [2.45, 2.75) is 19.9 Å². The van der Waals surface area contributed by atoms with E-state index in [0.717, 1.165) is 25.6 Å². The van der Waals surface area contributed by atoms with Crippen LogP contribution in [0.4, 0.5) is 0 Å². The van der Waals surface area contributed by atoms with Crippen molar-refractivity contribution in [1.29, 1.82) is 0 Å². The number of hydrogen-bond acceptors (Lipinski definition) is 1. The number of rotatable bonds is 3. The van der Waals surface area contributed by atoms with Crippen LogP contribution in [-0.2, 0) is 0 Å². The Balaban J connectivity index is 2.22. The molecule has 1 heterocycles. The molecule has 0 unspecified atom stereocenters. The molecule has 0 aliphatic rings. The van der Waals surface area contributed by atoms with Crippen LogP contribution in [0.2, 0.25) is 0 Å². The first-order valence-corrected chi connectivity index (χ1v) is 8.06. The number of carbonyl (C=O) groups is 1. The van der Waals surface area contributed by atoms with Crippen LogP contribution >= 0.6 is 22.6 Å². The Morgan fingerprint density at radius 3 is 2.38 bits per heavy atom. The summed E-state index contributed by atoms with van der Waals surface area (Å²) in [4.78, 5) is 12.9. The van der Waals surface area contributed by atoms with Crippen molar-refractivity contribution >= 4 is 39.3 Å². The van der Waals surface area contributed by atoms with E-state index in [1.807, 2.05) is 48.7 Å². The van der Waals surface area contributed by atoms with Gasteiger partial charge in [0.1, 0.15) is 0 Å². The van der Waals surface area contributed by atoms with E-state index in [4.69, 9.17) is 0 Å². The first-order chi connectivity index (χ1) is 10.1. The molecule has 0 aliphatic heterocycles. The summed E-state index contributed by atoms with van der Waals surface area (Å²) in [5, 5.41) is 1.02. The first kappa shape index (κ1) is 14.3. The number of carbonyl (C=O) groups excluding carboxylic acids is 1. The minimum absolute atomic E-state index is 0.0931. The van der Waals surface area contributed by atoms with Crippen LogP contribution in [0.15, 0.2) is 54.7 Å². The van der Waals surface area contributed by atoms with E-state index in [9.17, 15) is 4.79 Å². The molecule has 0 spiro atoms. The summed E-state index contributed by atoms with van der Waals surface area (Å²) in [5.41, 5.74) is 2.66. The SMILES string of the molecule is CC(C)n1cc(C(=O)c2ccccc2I)c2ccccc21. The molecule has 0 aliphatic carbocycles. The van der Waals surface area contributed by atoms with E-state index in [0.29, 0.717) is 6.04 Å². The Kier molecular flexibility index (Phi) is 3.85. The molecule has 2 aromatic carbocycles. The largest absolute Gasteiger partial charge is 0.344 e. The molecular weight excluding hydrogens is 373 g/mol. The Hall–Kier alpha value is -1.62. The van der Waals surface area contributed by atoms with E-state index in [1.165, 1.54) is 0 Å². The summed E-state index contributed by atoms with van der Waals surface area (Å²) in [6.07, 6.45) is 1.99. The molecule has 3 rings (SSSR count). The minimum atomic E-state index is 0.0931. The molecule has 3 heteroatoms. The van der Waals surface area contributed by atoms with Crippen LogP contribution in [0, 0.1) is 3.57 Å². The van der Waals surface area contributed by atoms with Gasteiger partial charge in [-0.2, -0.15) is 0 Å². The van der Waals surface area contributed by atoms with E-state index in [1.54, 1.807) is 0 Å². The van der Waals surface area contributed by atoms with Gasteiger partial charge in [0.05, 0.1) is 0 Å². The second-order valence-corrected chi connectivity index (χ2v) is 6.53. The fraction of sp³-hybridized carbons (Fsp3) is 0.167. The molecule has 0 fully saturated rings. The Labute approximate surface area is 137 Å². The van der Waals surface area contributed by atoms with Crippen LogP contribution in [0.25, 0.3) is 10.9 Å². The Morgan fingerprint density at radius 2 is 1.67 bits per heavy atom. The highest BCUT2D eigenvalue weighted by Crippen LogP contribution is 2.27. The number of benzene rings is 2. The molecule has 0 saturated carbocycles. The number of para-hydroxylation sites is 1. The van der Waals surface area contributed by atoms with Crippen molar-refractivity contribution in [2.75, 3.05) is 0 Å². The van der Waals surface area contributed by atoms with Gasteiger partial charge in [-0.1, -0.05) is 30.3 Å². The van der Waals surface area contributed by atoms with Crippen LogP contribution in [0.1, 0.15) is 35.8 Å². The van der Waals surface area contributed by atoms with Gasteiger partial charge in [-0.15, -0.1) is 0 Å². The zero-order valence-corrected chi connectivity index (χ0v) is 14.2. The third-order valence-electron chi connectivity index (χ3n) is 3.66. The molecule has 0 atom stereocenters. The number of hydrogen-bond donors (Lipinski definition) is 0. The summed E-state index contributed by atoms with van der Waals surface area (Å²) in [7, 11) is 0. The lowest BCUT2D eigenvalue weighted by atomic mass is 10.0. The maximum atomic E-state index is 12.9. The van der Waals surface area contributed by atoms with Crippen molar-refractivity contribution in [2.24, 2.45) is 0 Å². The maximum Gasteiger partial charge on any atom is 0.196 e. The Bertz CT molecular complexity index is 817. The molecule has 0 amide bonds. The van der Waals surface area contributed by atoms with Crippen LogP contribution in [0.5, 0.6) is 0 Å². The Morgan fingerprint density at radius 1 is 1.00 bits per heavy atom. The smallest absolute Gasteiger partial charge is 0.196 e. The number of ketones is 1. The molecule has 106 valence electrons. The fourth-order valence-electron chi connectivity index (χ4n) is 2.60. The number of halogens is 1. The van der Waals surface area contributed by atoms with Gasteiger partial charge in [0.2, 0.25) is 0 Å². The first-order valence-electron chi connectivity index (χ1n) is 6.98. The quantitative estimate of drug-likeness (QED) is 0.454. The molecule has 0 N–H and O–H groups in total. The predicted octanol–water partition coefficient (Wildman–Crippen LogP) is 5.06. The zero-order valence-electron chi connectivity index (χ0n) is 12.0. The van der Waals surface area contributed by atoms with E-state index in [-0.39, 0.29) is 5.78 Å². The number of fused-ring (bicyclic) bond motifs is 1. The molecular formula is C18H16INO. The van der Waals surface area contributed by atoms with Crippen molar-refractivity contribution in [3.63, 3.8) is 0 Å². The van der Waals surface area contributed by atoms with Gasteiger partial charge >= 0.3 is 0 Å². The molecule has 3 aromatic rings. The fourth-order valence-corrected chi connectivity index (χ4v) is 3.24. The maximum absolute atomic E-state index is 12.9. The molecule has 1 aromatic heterocycles. The summed E-state index contributed by atoms with van der Waals surface area (Å²) < 4.78 is 3.15. The highest BCUT2D eigenvalue weighted by molar-refractivity contribution is 14.1. The third kappa shape index (κ3) is 2.50. The van der Waals surface area contributed by atoms with Gasteiger partial charge in [0, 0.05) is 37.8 Å². The number of aromatic nitrogens is 1. The second kappa shape index (κ2) is 5.64. The van der Waals surface area contributed by atoms with Crippen molar-refractivity contribution in [1.82, 2.24) is 4.57 Å². The minimum Gasteiger partial charge on any atom is -0.344 e. The van der Waals surface area contributed by atoms with Gasteiger partial charge in [-0.3, -0.25) is 4.79 Å². The highest BCUT2D eigenvalue weighted by Gasteiger charge is 2.18. The monoisotopic (exact) mass is 389 g/mol. The predicted molar refractivity (Wildman–Crippen MR) is 94.9 cm³/mol. The lowest BCUT2D eigenvalue weighted by Gasteiger charge is -2.08. The van der Waals surface area contributed by atoms with E-state index < -0.39 is 0 Å². The molecule has 2 nitrogen and oxygen atoms in total. The summed E-state index contributed by atoms with van der Waals surface area (Å²) in [5.74, 6) is 0.0931. The van der Waals surface area contributed by atoms with Gasteiger partial charge in [-0.25, -0.2) is 0 Å². The molecule has 21 heavy (non-hydrogen) atoms. The topological polar surface area (TPSA) is 22.0 Å². The van der Waals surface area contributed by atoms with Gasteiger partial charge in [-0.05, 0) is 54.6 Å². The van der Waals surface area contributed by atoms with Gasteiger partial charge < -0.3 is 4.57 Å². The number of nitrogens with zero attached hydrogens (tertiary/aromatic N) is 1. The summed E-state index contributed by atoms with van der Waals surface area (Å²) in [6, 6.07) is 16.2. The molecule has 0 saturated heterocycles. The highest BCUT2D eigenvalue weighted by atomic mass is 127. The van der Waals surface area contributed by atoms with Crippen molar-refractivity contribution in [3.05, 3.63) is 69.4 Å². The average Bonchev–Trinajstić information content (AvgIpc) is 2.87. The molecule has 0 bridgehead atoms. The lowest BCUT2D eigenvalue weighted by molar-refractivity contribution is 0.103. The second-order valence-electron chi connectivity index (χ2n) is 5.37. The lowest BCUT2D eigenvalue weighted by Crippen LogP contribution is -2.03. The summed E-state index contributed by atoms with van der Waals surface area (Å²) in [6.45, 7) is 4.26.